The van der Waals surface area contributed by atoms with Gasteiger partial charge in [-0.05, 0) is 30.4 Å². The summed E-state index contributed by atoms with van der Waals surface area (Å²) in [6.07, 6.45) is 0.941. The molecule has 0 aliphatic heterocycles. The zero-order chi connectivity index (χ0) is 18.9. The molecule has 0 radical (unpaired) electrons. The Bertz CT molecular complexity index is 714. The maximum Gasteiger partial charge on any atom is 0.243 e. The quantitative estimate of drug-likeness (QED) is 0.360. The van der Waals surface area contributed by atoms with Gasteiger partial charge in [0.05, 0.1) is 0 Å². The summed E-state index contributed by atoms with van der Waals surface area (Å²) in [6, 6.07) is 12.7. The van der Waals surface area contributed by atoms with Crippen molar-refractivity contribution in [2.45, 2.75) is 19.9 Å². The highest BCUT2D eigenvalue weighted by molar-refractivity contribution is 14.0. The number of carbonyl (C=O) groups excluding carboxylic acids is 1. The Morgan fingerprint density at radius 1 is 1.15 bits per heavy atom. The van der Waals surface area contributed by atoms with E-state index in [1.165, 1.54) is 16.0 Å². The molecule has 0 bridgehead atoms. The molecule has 27 heavy (non-hydrogen) atoms. The van der Waals surface area contributed by atoms with Crippen LogP contribution in [0, 0.1) is 6.92 Å². The molecule has 148 valence electrons. The molecular formula is C20H29IN4OS. The molecule has 0 aliphatic carbocycles. The van der Waals surface area contributed by atoms with Crippen LogP contribution in [0.1, 0.15) is 16.0 Å². The molecule has 0 saturated carbocycles. The number of amides is 1. The minimum Gasteiger partial charge on any atom is -0.356 e. The molecular weight excluding hydrogens is 471 g/mol. The fourth-order valence-electron chi connectivity index (χ4n) is 2.39. The van der Waals surface area contributed by atoms with E-state index in [4.69, 9.17) is 0 Å². The van der Waals surface area contributed by atoms with Crippen molar-refractivity contribution in [2.24, 2.45) is 4.99 Å². The molecule has 2 rings (SSSR count). The third-order valence-corrected chi connectivity index (χ3v) is 4.94. The fourth-order valence-corrected chi connectivity index (χ4v) is 3.10. The lowest BCUT2D eigenvalue weighted by Gasteiger charge is -2.23. The first kappa shape index (κ1) is 23.4. The molecule has 0 unspecified atom stereocenters. The van der Waals surface area contributed by atoms with Gasteiger partial charge in [0.1, 0.15) is 6.54 Å². The van der Waals surface area contributed by atoms with E-state index in [0.717, 1.165) is 25.5 Å². The van der Waals surface area contributed by atoms with Crippen LogP contribution in [-0.4, -0.2) is 55.9 Å². The molecule has 5 nitrogen and oxygen atoms in total. The standard InChI is InChI=1S/C20H28N4OS.HI/c1-16-7-9-17(10-8-16)15-24(4)20(22-14-19(25)23(2)3)21-12-11-18-6-5-13-26-18;/h5-10,13H,11-12,14-15H2,1-4H3,(H,21,22);1H. The van der Waals surface area contributed by atoms with Gasteiger partial charge < -0.3 is 15.1 Å². The average Bonchev–Trinajstić information content (AvgIpc) is 3.12. The number of rotatable bonds is 7. The highest BCUT2D eigenvalue weighted by atomic mass is 127. The third-order valence-electron chi connectivity index (χ3n) is 4.00. The molecule has 7 heteroatoms. The van der Waals surface area contributed by atoms with Crippen molar-refractivity contribution >= 4 is 47.2 Å². The summed E-state index contributed by atoms with van der Waals surface area (Å²) in [5.41, 5.74) is 2.46. The Hall–Kier alpha value is -1.61. The third kappa shape index (κ3) is 8.30. The predicted octanol–water partition coefficient (Wildman–Crippen LogP) is 3.38. The number of hydrogen-bond donors (Lipinski definition) is 1. The molecule has 1 aromatic carbocycles. The van der Waals surface area contributed by atoms with E-state index in [-0.39, 0.29) is 36.4 Å². The Labute approximate surface area is 183 Å². The predicted molar refractivity (Wildman–Crippen MR) is 125 cm³/mol. The number of aryl methyl sites for hydroxylation is 1. The molecule has 0 atom stereocenters. The van der Waals surface area contributed by atoms with Gasteiger partial charge >= 0.3 is 0 Å². The summed E-state index contributed by atoms with van der Waals surface area (Å²) < 4.78 is 0. The van der Waals surface area contributed by atoms with E-state index in [0.29, 0.717) is 0 Å². The molecule has 2 aromatic rings. The first-order chi connectivity index (χ1) is 12.5. The number of guanidine groups is 1. The van der Waals surface area contributed by atoms with Crippen molar-refractivity contribution in [1.29, 1.82) is 0 Å². The summed E-state index contributed by atoms with van der Waals surface area (Å²) in [4.78, 5) is 21.4. The van der Waals surface area contributed by atoms with Gasteiger partial charge in [0.2, 0.25) is 5.91 Å². The summed E-state index contributed by atoms with van der Waals surface area (Å²) in [5, 5.41) is 5.48. The summed E-state index contributed by atoms with van der Waals surface area (Å²) in [6.45, 7) is 3.75. The van der Waals surface area contributed by atoms with Gasteiger partial charge in [-0.25, -0.2) is 4.99 Å². The van der Waals surface area contributed by atoms with Gasteiger partial charge in [-0.15, -0.1) is 35.3 Å². The number of nitrogens with one attached hydrogen (secondary N) is 1. The summed E-state index contributed by atoms with van der Waals surface area (Å²) in [5.74, 6) is 0.739. The molecule has 0 fully saturated rings. The molecule has 1 amide bonds. The van der Waals surface area contributed by atoms with Crippen molar-refractivity contribution in [3.05, 3.63) is 57.8 Å². The second-order valence-electron chi connectivity index (χ2n) is 6.53. The average molecular weight is 500 g/mol. The van der Waals surface area contributed by atoms with Gasteiger partial charge in [-0.3, -0.25) is 4.79 Å². The zero-order valence-electron chi connectivity index (χ0n) is 16.4. The maximum absolute atomic E-state index is 11.9. The van der Waals surface area contributed by atoms with Gasteiger partial charge in [0, 0.05) is 39.1 Å². The summed E-state index contributed by atoms with van der Waals surface area (Å²) in [7, 11) is 5.49. The Morgan fingerprint density at radius 3 is 2.44 bits per heavy atom. The smallest absolute Gasteiger partial charge is 0.243 e. The van der Waals surface area contributed by atoms with Crippen LogP contribution >= 0.6 is 35.3 Å². The lowest BCUT2D eigenvalue weighted by Crippen LogP contribution is -2.40. The largest absolute Gasteiger partial charge is 0.356 e. The minimum absolute atomic E-state index is 0. The maximum atomic E-state index is 11.9. The number of likely N-dealkylation sites (N-methyl/N-ethyl adjacent to an activating group) is 1. The number of hydrogen-bond acceptors (Lipinski definition) is 3. The second-order valence-corrected chi connectivity index (χ2v) is 7.56. The first-order valence-electron chi connectivity index (χ1n) is 8.73. The molecule has 1 aromatic heterocycles. The van der Waals surface area contributed by atoms with Gasteiger partial charge in [-0.2, -0.15) is 0 Å². The molecule has 1 N–H and O–H groups in total. The van der Waals surface area contributed by atoms with E-state index >= 15 is 0 Å². The molecule has 1 heterocycles. The van der Waals surface area contributed by atoms with Crippen LogP contribution in [0.25, 0.3) is 0 Å². The molecule has 0 aliphatic rings. The van der Waals surface area contributed by atoms with Crippen molar-refractivity contribution in [2.75, 3.05) is 34.2 Å². The van der Waals surface area contributed by atoms with E-state index < -0.39 is 0 Å². The van der Waals surface area contributed by atoms with Crippen LogP contribution in [0.3, 0.4) is 0 Å². The topological polar surface area (TPSA) is 47.9 Å². The highest BCUT2D eigenvalue weighted by Gasteiger charge is 2.10. The lowest BCUT2D eigenvalue weighted by molar-refractivity contribution is -0.127. The number of halogens is 1. The van der Waals surface area contributed by atoms with Crippen LogP contribution in [0.5, 0.6) is 0 Å². The zero-order valence-corrected chi connectivity index (χ0v) is 19.6. The number of nitrogens with zero attached hydrogens (tertiary/aromatic N) is 3. The van der Waals surface area contributed by atoms with E-state index in [2.05, 4.69) is 63.9 Å². The number of benzene rings is 1. The van der Waals surface area contributed by atoms with E-state index in [9.17, 15) is 4.79 Å². The fraction of sp³-hybridized carbons (Fsp3) is 0.400. The normalized spacial score (nSPS) is 10.9. The van der Waals surface area contributed by atoms with E-state index in [1.807, 2.05) is 7.05 Å². The molecule has 0 spiro atoms. The monoisotopic (exact) mass is 500 g/mol. The Kier molecular flexibility index (Phi) is 10.4. The Morgan fingerprint density at radius 2 is 1.85 bits per heavy atom. The summed E-state index contributed by atoms with van der Waals surface area (Å²) >= 11 is 1.75. The van der Waals surface area contributed by atoms with Crippen molar-refractivity contribution in [1.82, 2.24) is 15.1 Å². The van der Waals surface area contributed by atoms with Crippen LogP contribution in [0.2, 0.25) is 0 Å². The van der Waals surface area contributed by atoms with Gasteiger partial charge in [0.15, 0.2) is 5.96 Å². The van der Waals surface area contributed by atoms with Crippen LogP contribution in [-0.2, 0) is 17.8 Å². The molecule has 0 saturated heterocycles. The van der Waals surface area contributed by atoms with Crippen LogP contribution in [0.15, 0.2) is 46.8 Å². The second kappa shape index (κ2) is 12.0. The number of thiophene rings is 1. The minimum atomic E-state index is -0.00806. The van der Waals surface area contributed by atoms with Crippen LogP contribution < -0.4 is 5.32 Å². The highest BCUT2D eigenvalue weighted by Crippen LogP contribution is 2.09. The van der Waals surface area contributed by atoms with Crippen molar-refractivity contribution in [3.63, 3.8) is 0 Å². The van der Waals surface area contributed by atoms with Crippen molar-refractivity contribution in [3.8, 4) is 0 Å². The Balaban J connectivity index is 0.00000364. The van der Waals surface area contributed by atoms with Crippen molar-refractivity contribution < 1.29 is 4.79 Å². The SMILES string of the molecule is Cc1ccc(CN(C)C(=NCC(=O)N(C)C)NCCc2cccs2)cc1.I. The van der Waals surface area contributed by atoms with Crippen LogP contribution in [0.4, 0.5) is 0 Å². The van der Waals surface area contributed by atoms with Gasteiger partial charge in [0.25, 0.3) is 0 Å². The number of carbonyl (C=O) groups is 1. The lowest BCUT2D eigenvalue weighted by atomic mass is 10.1. The van der Waals surface area contributed by atoms with E-state index in [1.54, 1.807) is 30.3 Å². The first-order valence-corrected chi connectivity index (χ1v) is 9.61. The number of aliphatic imine (C=N–C) groups is 1. The van der Waals surface area contributed by atoms with Gasteiger partial charge in [-0.1, -0.05) is 35.9 Å².